The fraction of sp³-hybridized carbons (Fsp3) is 0.429. The third kappa shape index (κ3) is 1.87. The van der Waals surface area contributed by atoms with E-state index in [1.807, 2.05) is 0 Å². The first-order chi connectivity index (χ1) is 5.25. The molecule has 1 rings (SSSR count). The Morgan fingerprint density at radius 3 is 2.27 bits per heavy atom. The number of imide groups is 1. The van der Waals surface area contributed by atoms with Gasteiger partial charge in [0.2, 0.25) is 0 Å². The van der Waals surface area contributed by atoms with Crippen LogP contribution in [0.15, 0.2) is 12.2 Å². The smallest absolute Gasteiger partial charge is 0.253 e. The van der Waals surface area contributed by atoms with Crippen LogP contribution < -0.4 is 0 Å². The number of amides is 2. The van der Waals surface area contributed by atoms with Gasteiger partial charge in [-0.3, -0.25) is 14.5 Å². The Bertz CT molecular complexity index is 194. The highest BCUT2D eigenvalue weighted by Gasteiger charge is 2.21. The van der Waals surface area contributed by atoms with Gasteiger partial charge >= 0.3 is 0 Å². The molecule has 0 fully saturated rings. The average Bonchev–Trinajstić information content (AvgIpc) is 2.29. The number of nitrogens with zero attached hydrogens (tertiary/aromatic N) is 1. The summed E-state index contributed by atoms with van der Waals surface area (Å²) in [6.45, 7) is 0.536. The van der Waals surface area contributed by atoms with Gasteiger partial charge in [-0.25, -0.2) is 0 Å². The fourth-order valence-corrected chi connectivity index (χ4v) is 1.08. The molecule has 1 atom stereocenters. The summed E-state index contributed by atoms with van der Waals surface area (Å²) in [5.74, 6) is -0.373. The molecule has 0 radical (unpaired) electrons. The molecule has 1 heterocycles. The van der Waals surface area contributed by atoms with Crippen molar-refractivity contribution in [2.24, 2.45) is 0 Å². The quantitative estimate of drug-likeness (QED) is 0.448. The van der Waals surface area contributed by atoms with E-state index in [9.17, 15) is 9.59 Å². The van der Waals surface area contributed by atoms with E-state index in [1.165, 1.54) is 17.1 Å². The van der Waals surface area contributed by atoms with E-state index in [0.717, 1.165) is 12.6 Å². The first-order valence-corrected chi connectivity index (χ1v) is 4.31. The molecule has 0 aliphatic carbocycles. The molecule has 60 valence electrons. The Hall–Kier alpha value is -0.690. The van der Waals surface area contributed by atoms with Gasteiger partial charge < -0.3 is 0 Å². The van der Waals surface area contributed by atoms with Crippen molar-refractivity contribution >= 4 is 21.1 Å². The zero-order chi connectivity index (χ0) is 8.27. The molecule has 0 spiro atoms. The molecule has 0 saturated heterocycles. The van der Waals surface area contributed by atoms with Gasteiger partial charge in [0, 0.05) is 18.7 Å². The SMILES string of the molecule is O=C1C=CC(=O)N1CCCP. The minimum absolute atomic E-state index is 0.187. The molecule has 0 aromatic rings. The van der Waals surface area contributed by atoms with Gasteiger partial charge in [0.15, 0.2) is 0 Å². The summed E-state index contributed by atoms with van der Waals surface area (Å²) in [7, 11) is 2.56. The van der Waals surface area contributed by atoms with Crippen LogP contribution >= 0.6 is 9.24 Å². The first-order valence-electron chi connectivity index (χ1n) is 3.49. The third-order valence-electron chi connectivity index (χ3n) is 1.49. The summed E-state index contributed by atoms with van der Waals surface area (Å²) in [5, 5.41) is 0. The molecule has 0 N–H and O–H groups in total. The maximum Gasteiger partial charge on any atom is 0.253 e. The number of carbonyl (C=O) groups is 2. The topological polar surface area (TPSA) is 37.4 Å². The van der Waals surface area contributed by atoms with Gasteiger partial charge in [-0.2, -0.15) is 0 Å². The lowest BCUT2D eigenvalue weighted by Gasteiger charge is -2.11. The van der Waals surface area contributed by atoms with Crippen molar-refractivity contribution < 1.29 is 9.59 Å². The highest BCUT2D eigenvalue weighted by molar-refractivity contribution is 7.16. The average molecular weight is 171 g/mol. The van der Waals surface area contributed by atoms with Gasteiger partial charge in [-0.1, -0.05) is 0 Å². The van der Waals surface area contributed by atoms with E-state index < -0.39 is 0 Å². The van der Waals surface area contributed by atoms with E-state index in [1.54, 1.807) is 0 Å². The zero-order valence-corrected chi connectivity index (χ0v) is 7.27. The van der Waals surface area contributed by atoms with Crippen molar-refractivity contribution in [2.75, 3.05) is 12.7 Å². The molecule has 1 aliphatic heterocycles. The van der Waals surface area contributed by atoms with Crippen molar-refractivity contribution in [1.82, 2.24) is 4.90 Å². The first kappa shape index (κ1) is 8.41. The monoisotopic (exact) mass is 171 g/mol. The summed E-state index contributed by atoms with van der Waals surface area (Å²) in [4.78, 5) is 23.1. The number of hydrogen-bond donors (Lipinski definition) is 0. The number of hydrogen-bond acceptors (Lipinski definition) is 2. The van der Waals surface area contributed by atoms with Crippen molar-refractivity contribution in [3.8, 4) is 0 Å². The van der Waals surface area contributed by atoms with Gasteiger partial charge in [-0.05, 0) is 12.6 Å². The fourth-order valence-electron chi connectivity index (χ4n) is 0.901. The Morgan fingerprint density at radius 2 is 1.82 bits per heavy atom. The Morgan fingerprint density at radius 1 is 1.27 bits per heavy atom. The Labute approximate surface area is 67.6 Å². The van der Waals surface area contributed by atoms with Gasteiger partial charge in [-0.15, -0.1) is 9.24 Å². The van der Waals surface area contributed by atoms with E-state index in [0.29, 0.717) is 6.54 Å². The highest BCUT2D eigenvalue weighted by atomic mass is 31.0. The largest absolute Gasteiger partial charge is 0.275 e. The van der Waals surface area contributed by atoms with Gasteiger partial charge in [0.05, 0.1) is 0 Å². The van der Waals surface area contributed by atoms with E-state index in [2.05, 4.69) is 9.24 Å². The molecule has 11 heavy (non-hydrogen) atoms. The Kier molecular flexibility index (Phi) is 2.77. The predicted octanol–water partition coefficient (Wildman–Crippen LogP) is 0.177. The summed E-state index contributed by atoms with van der Waals surface area (Å²) < 4.78 is 0. The lowest BCUT2D eigenvalue weighted by molar-refractivity contribution is -0.136. The van der Waals surface area contributed by atoms with Crippen LogP contribution in [0, 0.1) is 0 Å². The summed E-state index contributed by atoms with van der Waals surface area (Å²) >= 11 is 0. The van der Waals surface area contributed by atoms with Crippen LogP contribution in [0.5, 0.6) is 0 Å². The van der Waals surface area contributed by atoms with Crippen LogP contribution in [0.25, 0.3) is 0 Å². The highest BCUT2D eigenvalue weighted by Crippen LogP contribution is 2.04. The predicted molar refractivity (Wildman–Crippen MR) is 45.1 cm³/mol. The lowest BCUT2D eigenvalue weighted by Crippen LogP contribution is -2.30. The van der Waals surface area contributed by atoms with E-state index in [4.69, 9.17) is 0 Å². The summed E-state index contributed by atoms with van der Waals surface area (Å²) in [5.41, 5.74) is 0. The van der Waals surface area contributed by atoms with Crippen molar-refractivity contribution in [3.63, 3.8) is 0 Å². The van der Waals surface area contributed by atoms with E-state index >= 15 is 0 Å². The molecule has 0 aromatic carbocycles. The molecule has 0 saturated carbocycles. The van der Waals surface area contributed by atoms with Crippen molar-refractivity contribution in [3.05, 3.63) is 12.2 Å². The maximum absolute atomic E-state index is 10.9. The van der Waals surface area contributed by atoms with E-state index in [-0.39, 0.29) is 11.8 Å². The van der Waals surface area contributed by atoms with Crippen LogP contribution in [-0.4, -0.2) is 29.4 Å². The molecular formula is C7H10NO2P. The second-order valence-electron chi connectivity index (χ2n) is 2.30. The van der Waals surface area contributed by atoms with Crippen LogP contribution in [0.1, 0.15) is 6.42 Å². The summed E-state index contributed by atoms with van der Waals surface area (Å²) in [6, 6.07) is 0. The number of rotatable bonds is 3. The zero-order valence-electron chi connectivity index (χ0n) is 6.12. The molecule has 2 amide bonds. The van der Waals surface area contributed by atoms with Crippen LogP contribution in [0.2, 0.25) is 0 Å². The maximum atomic E-state index is 10.9. The Balaban J connectivity index is 2.46. The standard InChI is InChI=1S/C7H10NO2P/c9-6-2-3-7(10)8(6)4-1-5-11/h2-3H,1,4-5,11H2. The molecule has 1 unspecified atom stereocenters. The molecular weight excluding hydrogens is 161 g/mol. The minimum atomic E-state index is -0.187. The van der Waals surface area contributed by atoms with Gasteiger partial charge in [0.25, 0.3) is 11.8 Å². The molecule has 3 nitrogen and oxygen atoms in total. The van der Waals surface area contributed by atoms with Crippen molar-refractivity contribution in [1.29, 1.82) is 0 Å². The van der Waals surface area contributed by atoms with Crippen LogP contribution in [0.3, 0.4) is 0 Å². The number of carbonyl (C=O) groups excluding carboxylic acids is 2. The van der Waals surface area contributed by atoms with Crippen molar-refractivity contribution in [2.45, 2.75) is 6.42 Å². The second kappa shape index (κ2) is 3.63. The minimum Gasteiger partial charge on any atom is -0.275 e. The summed E-state index contributed by atoms with van der Waals surface area (Å²) in [6.07, 6.45) is 4.39. The molecule has 0 bridgehead atoms. The van der Waals surface area contributed by atoms with Gasteiger partial charge in [0.1, 0.15) is 0 Å². The van der Waals surface area contributed by atoms with Crippen LogP contribution in [0.4, 0.5) is 0 Å². The second-order valence-corrected chi connectivity index (χ2v) is 2.88. The molecule has 4 heteroatoms. The lowest BCUT2D eigenvalue weighted by atomic mass is 10.4. The molecule has 0 aromatic heterocycles. The third-order valence-corrected chi connectivity index (χ3v) is 1.89. The molecule has 1 aliphatic rings. The van der Waals surface area contributed by atoms with Crippen LogP contribution in [-0.2, 0) is 9.59 Å². The normalized spacial score (nSPS) is 16.6.